The van der Waals surface area contributed by atoms with Gasteiger partial charge in [-0.05, 0) is 61.2 Å². The first-order valence-electron chi connectivity index (χ1n) is 16.2. The van der Waals surface area contributed by atoms with Crippen molar-refractivity contribution < 1.29 is 33.0 Å². The van der Waals surface area contributed by atoms with Crippen molar-refractivity contribution >= 4 is 29.1 Å². The number of carboxylic acid groups (broad SMARTS) is 1. The molecule has 0 saturated carbocycles. The van der Waals surface area contributed by atoms with E-state index in [-0.39, 0.29) is 42.0 Å². The number of hydrogen-bond donors (Lipinski definition) is 2. The van der Waals surface area contributed by atoms with Gasteiger partial charge in [0, 0.05) is 36.2 Å². The van der Waals surface area contributed by atoms with E-state index >= 15 is 0 Å². The van der Waals surface area contributed by atoms with Crippen LogP contribution in [0, 0.1) is 22.5 Å². The molecular formula is C38H41ClF2N2O5. The molecule has 1 aliphatic carbocycles. The summed E-state index contributed by atoms with van der Waals surface area (Å²) < 4.78 is 40.5. The average molecular weight is 679 g/mol. The summed E-state index contributed by atoms with van der Waals surface area (Å²) in [5.74, 6) is -1.98. The van der Waals surface area contributed by atoms with Crippen LogP contribution >= 0.6 is 11.6 Å². The number of rotatable bonds is 12. The maximum Gasteiger partial charge on any atom is 0.320 e. The predicted octanol–water partition coefficient (Wildman–Crippen LogP) is 7.82. The molecular weight excluding hydrogens is 638 g/mol. The molecule has 3 aromatic rings. The van der Waals surface area contributed by atoms with Crippen molar-refractivity contribution in [3.05, 3.63) is 112 Å². The third-order valence-electron chi connectivity index (χ3n) is 9.42. The molecule has 0 aromatic heterocycles. The van der Waals surface area contributed by atoms with Gasteiger partial charge in [0.25, 0.3) is 0 Å². The molecule has 0 bridgehead atoms. The molecule has 1 amide bonds. The molecule has 2 N–H and O–H groups in total. The SMILES string of the molecule is CCNC(=O)C1(COc2cc(OCc3cc(F)cc(F)c3)c(CN3CCCC[C@H]3C(=O)O)cc2Cl)C=CC=C(c2ccccc2)C1(C)C. The minimum atomic E-state index is -1.13. The van der Waals surface area contributed by atoms with Gasteiger partial charge in [-0.25, -0.2) is 8.78 Å². The fourth-order valence-electron chi connectivity index (χ4n) is 6.68. The Morgan fingerprint density at radius 3 is 2.44 bits per heavy atom. The highest BCUT2D eigenvalue weighted by molar-refractivity contribution is 6.32. The van der Waals surface area contributed by atoms with Crippen LogP contribution in [0.1, 0.15) is 56.7 Å². The minimum absolute atomic E-state index is 0.0622. The summed E-state index contributed by atoms with van der Waals surface area (Å²) in [5.41, 5.74) is 1.00. The molecule has 2 aliphatic rings. The summed E-state index contributed by atoms with van der Waals surface area (Å²) in [6, 6.07) is 15.6. The molecule has 3 aromatic carbocycles. The minimum Gasteiger partial charge on any atom is -0.490 e. The van der Waals surface area contributed by atoms with E-state index in [1.807, 2.05) is 74.2 Å². The molecule has 48 heavy (non-hydrogen) atoms. The summed E-state index contributed by atoms with van der Waals surface area (Å²) in [5, 5.41) is 13.1. The number of nitrogens with zero attached hydrogens (tertiary/aromatic N) is 1. The lowest BCUT2D eigenvalue weighted by Crippen LogP contribution is -2.53. The van der Waals surface area contributed by atoms with Crippen molar-refractivity contribution in [2.45, 2.75) is 59.2 Å². The van der Waals surface area contributed by atoms with Gasteiger partial charge in [-0.3, -0.25) is 14.5 Å². The van der Waals surface area contributed by atoms with E-state index in [1.54, 1.807) is 12.1 Å². The standard InChI is InChI=1S/C38H41ClF2N2O5/c1-4-42-36(46)38(15-10-13-30(37(38,2)3)26-11-6-5-7-12-26)24-48-34-21-33(47-23-25-17-28(40)20-29(41)18-25)27(19-31(34)39)22-43-16-9-8-14-32(43)35(44)45/h5-7,10-13,15,17-21,32H,4,8-9,14,16,22-24H2,1-3H3,(H,42,46)(H,44,45)/t32-,38?/m0/s1. The summed E-state index contributed by atoms with van der Waals surface area (Å²) >= 11 is 6.83. The number of nitrogens with one attached hydrogen (secondary N) is 1. The van der Waals surface area contributed by atoms with Gasteiger partial charge < -0.3 is 19.9 Å². The number of benzene rings is 3. The third-order valence-corrected chi connectivity index (χ3v) is 9.71. The van der Waals surface area contributed by atoms with Crippen LogP contribution in [-0.2, 0) is 22.7 Å². The maximum absolute atomic E-state index is 14.0. The largest absolute Gasteiger partial charge is 0.490 e. The Morgan fingerprint density at radius 2 is 1.75 bits per heavy atom. The molecule has 1 heterocycles. The topological polar surface area (TPSA) is 88.1 Å². The second-order valence-electron chi connectivity index (χ2n) is 12.8. The number of likely N-dealkylation sites (tertiary alicyclic amines) is 1. The predicted molar refractivity (Wildman–Crippen MR) is 182 cm³/mol. The molecule has 2 atom stereocenters. The van der Waals surface area contributed by atoms with E-state index in [1.165, 1.54) is 12.1 Å². The van der Waals surface area contributed by atoms with Gasteiger partial charge in [-0.1, -0.05) is 80.4 Å². The van der Waals surface area contributed by atoms with Crippen LogP contribution in [0.2, 0.25) is 5.02 Å². The molecule has 1 saturated heterocycles. The molecule has 1 aliphatic heterocycles. The van der Waals surface area contributed by atoms with Crippen LogP contribution in [0.4, 0.5) is 8.78 Å². The van der Waals surface area contributed by atoms with Crippen molar-refractivity contribution in [3.8, 4) is 11.5 Å². The molecule has 10 heteroatoms. The van der Waals surface area contributed by atoms with E-state index in [2.05, 4.69) is 5.32 Å². The monoisotopic (exact) mass is 678 g/mol. The van der Waals surface area contributed by atoms with Crippen molar-refractivity contribution in [2.24, 2.45) is 10.8 Å². The number of carbonyl (C=O) groups excluding carboxylic acids is 1. The number of allylic oxidation sites excluding steroid dienone is 3. The van der Waals surface area contributed by atoms with E-state index in [0.717, 1.165) is 30.0 Å². The molecule has 1 fully saturated rings. The number of halogens is 3. The summed E-state index contributed by atoms with van der Waals surface area (Å²) in [6.45, 7) is 6.91. The number of aliphatic carboxylic acids is 1. The van der Waals surface area contributed by atoms with Gasteiger partial charge in [-0.2, -0.15) is 0 Å². The fourth-order valence-corrected chi connectivity index (χ4v) is 6.92. The summed E-state index contributed by atoms with van der Waals surface area (Å²) in [7, 11) is 0. The molecule has 0 radical (unpaired) electrons. The number of carbonyl (C=O) groups is 2. The zero-order valence-corrected chi connectivity index (χ0v) is 28.2. The van der Waals surface area contributed by atoms with Crippen LogP contribution in [0.15, 0.2) is 78.9 Å². The Kier molecular flexibility index (Phi) is 10.9. The smallest absolute Gasteiger partial charge is 0.320 e. The summed E-state index contributed by atoms with van der Waals surface area (Å²) in [4.78, 5) is 27.8. The Labute approximate surface area is 285 Å². The highest BCUT2D eigenvalue weighted by Gasteiger charge is 2.53. The number of hydrogen-bond acceptors (Lipinski definition) is 5. The number of carboxylic acids is 1. The quantitative estimate of drug-likeness (QED) is 0.203. The van der Waals surface area contributed by atoms with Crippen LogP contribution < -0.4 is 14.8 Å². The lowest BCUT2D eigenvalue weighted by atomic mass is 9.58. The Balaban J connectivity index is 1.49. The molecule has 7 nitrogen and oxygen atoms in total. The van der Waals surface area contributed by atoms with Gasteiger partial charge in [0.15, 0.2) is 0 Å². The number of piperidine rings is 1. The van der Waals surface area contributed by atoms with Crippen molar-refractivity contribution in [3.63, 3.8) is 0 Å². The lowest BCUT2D eigenvalue weighted by Gasteiger charge is -2.46. The normalized spacial score (nSPS) is 20.5. The van der Waals surface area contributed by atoms with Crippen LogP contribution in [0.5, 0.6) is 11.5 Å². The van der Waals surface area contributed by atoms with Gasteiger partial charge in [0.2, 0.25) is 5.91 Å². The number of amides is 1. The van der Waals surface area contributed by atoms with E-state index in [9.17, 15) is 23.5 Å². The van der Waals surface area contributed by atoms with Gasteiger partial charge in [-0.15, -0.1) is 0 Å². The zero-order chi connectivity index (χ0) is 34.5. The van der Waals surface area contributed by atoms with Crippen molar-refractivity contribution in [1.82, 2.24) is 10.2 Å². The van der Waals surface area contributed by atoms with Gasteiger partial charge in [0.05, 0.1) is 5.02 Å². The van der Waals surface area contributed by atoms with Crippen LogP contribution in [0.3, 0.4) is 0 Å². The molecule has 5 rings (SSSR count). The highest BCUT2D eigenvalue weighted by Crippen LogP contribution is 2.53. The highest BCUT2D eigenvalue weighted by atomic mass is 35.5. The fraction of sp³-hybridized carbons (Fsp3) is 0.368. The maximum atomic E-state index is 14.0. The second kappa shape index (κ2) is 14.9. The lowest BCUT2D eigenvalue weighted by molar-refractivity contribution is -0.145. The first kappa shape index (κ1) is 35.1. The van der Waals surface area contributed by atoms with Gasteiger partial charge >= 0.3 is 5.97 Å². The van der Waals surface area contributed by atoms with E-state index in [4.69, 9.17) is 21.1 Å². The van der Waals surface area contributed by atoms with Crippen LogP contribution in [0.25, 0.3) is 5.57 Å². The second-order valence-corrected chi connectivity index (χ2v) is 13.2. The van der Waals surface area contributed by atoms with Crippen molar-refractivity contribution in [1.29, 1.82) is 0 Å². The summed E-state index contributed by atoms with van der Waals surface area (Å²) in [6.07, 6.45) is 7.94. The molecule has 0 spiro atoms. The van der Waals surface area contributed by atoms with Crippen molar-refractivity contribution in [2.75, 3.05) is 19.7 Å². The van der Waals surface area contributed by atoms with Gasteiger partial charge in [0.1, 0.15) is 47.8 Å². The zero-order valence-electron chi connectivity index (χ0n) is 27.4. The molecule has 1 unspecified atom stereocenters. The van der Waals surface area contributed by atoms with E-state index < -0.39 is 34.5 Å². The first-order chi connectivity index (χ1) is 22.9. The number of ether oxygens (including phenoxy) is 2. The van der Waals surface area contributed by atoms with E-state index in [0.29, 0.717) is 30.8 Å². The Morgan fingerprint density at radius 1 is 1.02 bits per heavy atom. The first-order valence-corrected chi connectivity index (χ1v) is 16.6. The molecule has 254 valence electrons. The third kappa shape index (κ3) is 7.42. The van der Waals surface area contributed by atoms with Crippen LogP contribution in [-0.4, -0.2) is 47.6 Å². The average Bonchev–Trinajstić information content (AvgIpc) is 3.04. The Hall–Kier alpha value is -4.21. The Bertz CT molecular complexity index is 1690.